The standard InChI is InChI=1S/C19H22N4O/c24-19(14-21-10-7-16-5-1-2-6-17(16)12-21)15-23-13-18(11-20-23)22-8-3-4-9-22/h1-6,8-9,11,13,19,24H,7,10,12,14-15H2. The van der Waals surface area contributed by atoms with Gasteiger partial charge in [0.2, 0.25) is 0 Å². The van der Waals surface area contributed by atoms with E-state index in [-0.39, 0.29) is 0 Å². The Morgan fingerprint density at radius 3 is 2.67 bits per heavy atom. The minimum Gasteiger partial charge on any atom is -0.390 e. The fourth-order valence-corrected chi connectivity index (χ4v) is 3.37. The average molecular weight is 322 g/mol. The highest BCUT2D eigenvalue weighted by Gasteiger charge is 2.18. The molecule has 0 fully saturated rings. The molecule has 0 aliphatic carbocycles. The van der Waals surface area contributed by atoms with Gasteiger partial charge >= 0.3 is 0 Å². The third-order valence-corrected chi connectivity index (χ3v) is 4.60. The van der Waals surface area contributed by atoms with Crippen LogP contribution in [0, 0.1) is 0 Å². The molecule has 0 bridgehead atoms. The lowest BCUT2D eigenvalue weighted by atomic mass is 10.00. The lowest BCUT2D eigenvalue weighted by molar-refractivity contribution is 0.0889. The predicted octanol–water partition coefficient (Wildman–Crippen LogP) is 2.09. The highest BCUT2D eigenvalue weighted by Crippen LogP contribution is 2.18. The van der Waals surface area contributed by atoms with Crippen LogP contribution in [0.15, 0.2) is 61.2 Å². The van der Waals surface area contributed by atoms with Crippen molar-refractivity contribution >= 4 is 0 Å². The largest absolute Gasteiger partial charge is 0.390 e. The predicted molar refractivity (Wildman–Crippen MR) is 93.0 cm³/mol. The van der Waals surface area contributed by atoms with Crippen molar-refractivity contribution < 1.29 is 5.11 Å². The van der Waals surface area contributed by atoms with Gasteiger partial charge in [-0.2, -0.15) is 5.10 Å². The molecular formula is C19H22N4O. The Balaban J connectivity index is 1.35. The first kappa shape index (κ1) is 15.2. The second kappa shape index (κ2) is 6.63. The molecule has 1 aliphatic rings. The molecule has 5 heteroatoms. The Kier molecular flexibility index (Phi) is 4.19. The number of aliphatic hydroxyl groups is 1. The van der Waals surface area contributed by atoms with E-state index in [4.69, 9.17) is 0 Å². The van der Waals surface area contributed by atoms with Crippen LogP contribution in [-0.4, -0.2) is 43.5 Å². The number of aromatic nitrogens is 3. The summed E-state index contributed by atoms with van der Waals surface area (Å²) in [6.45, 7) is 3.11. The maximum absolute atomic E-state index is 10.4. The Morgan fingerprint density at radius 2 is 1.83 bits per heavy atom. The first-order valence-electron chi connectivity index (χ1n) is 8.41. The van der Waals surface area contributed by atoms with Crippen molar-refractivity contribution in [3.8, 4) is 5.69 Å². The molecule has 1 atom stereocenters. The smallest absolute Gasteiger partial charge is 0.0862 e. The van der Waals surface area contributed by atoms with Gasteiger partial charge in [-0.25, -0.2) is 0 Å². The summed E-state index contributed by atoms with van der Waals surface area (Å²) < 4.78 is 3.83. The molecule has 1 unspecified atom stereocenters. The zero-order valence-corrected chi connectivity index (χ0v) is 13.6. The normalized spacial score (nSPS) is 16.0. The van der Waals surface area contributed by atoms with Crippen LogP contribution in [0.3, 0.4) is 0 Å². The van der Waals surface area contributed by atoms with Crippen molar-refractivity contribution in [2.24, 2.45) is 0 Å². The average Bonchev–Trinajstić information content (AvgIpc) is 3.26. The molecule has 1 N–H and O–H groups in total. The second-order valence-corrected chi connectivity index (χ2v) is 6.42. The molecule has 24 heavy (non-hydrogen) atoms. The molecule has 5 nitrogen and oxygen atoms in total. The van der Waals surface area contributed by atoms with E-state index in [0.717, 1.165) is 25.2 Å². The van der Waals surface area contributed by atoms with E-state index in [9.17, 15) is 5.11 Å². The van der Waals surface area contributed by atoms with E-state index in [1.165, 1.54) is 11.1 Å². The Morgan fingerprint density at radius 1 is 1.04 bits per heavy atom. The van der Waals surface area contributed by atoms with Crippen molar-refractivity contribution in [3.63, 3.8) is 0 Å². The van der Waals surface area contributed by atoms with E-state index < -0.39 is 6.10 Å². The van der Waals surface area contributed by atoms with E-state index in [2.05, 4.69) is 34.3 Å². The summed E-state index contributed by atoms with van der Waals surface area (Å²) >= 11 is 0. The van der Waals surface area contributed by atoms with E-state index in [0.29, 0.717) is 13.1 Å². The number of rotatable bonds is 5. The zero-order valence-electron chi connectivity index (χ0n) is 13.6. The molecule has 3 heterocycles. The molecule has 3 aromatic rings. The quantitative estimate of drug-likeness (QED) is 0.782. The minimum absolute atomic E-state index is 0.423. The van der Waals surface area contributed by atoms with Gasteiger partial charge in [0.05, 0.1) is 24.5 Å². The van der Waals surface area contributed by atoms with Crippen LogP contribution < -0.4 is 0 Å². The maximum atomic E-state index is 10.4. The first-order chi connectivity index (χ1) is 11.8. The van der Waals surface area contributed by atoms with Crippen LogP contribution in [0.25, 0.3) is 5.69 Å². The maximum Gasteiger partial charge on any atom is 0.0862 e. The highest BCUT2D eigenvalue weighted by molar-refractivity contribution is 5.29. The van der Waals surface area contributed by atoms with Crippen LogP contribution in [0.2, 0.25) is 0 Å². The third-order valence-electron chi connectivity index (χ3n) is 4.60. The van der Waals surface area contributed by atoms with E-state index >= 15 is 0 Å². The summed E-state index contributed by atoms with van der Waals surface area (Å²) in [5.74, 6) is 0. The molecule has 0 spiro atoms. The number of hydrogen-bond donors (Lipinski definition) is 1. The second-order valence-electron chi connectivity index (χ2n) is 6.42. The first-order valence-corrected chi connectivity index (χ1v) is 8.41. The summed E-state index contributed by atoms with van der Waals surface area (Å²) in [5.41, 5.74) is 3.83. The van der Waals surface area contributed by atoms with Crippen molar-refractivity contribution in [2.45, 2.75) is 25.6 Å². The fraction of sp³-hybridized carbons (Fsp3) is 0.316. The molecule has 4 rings (SSSR count). The van der Waals surface area contributed by atoms with E-state index in [1.807, 2.05) is 46.2 Å². The van der Waals surface area contributed by atoms with Crippen LogP contribution in [-0.2, 0) is 19.5 Å². The monoisotopic (exact) mass is 322 g/mol. The minimum atomic E-state index is -0.423. The van der Waals surface area contributed by atoms with E-state index in [1.54, 1.807) is 0 Å². The molecule has 0 saturated heterocycles. The molecule has 1 aliphatic heterocycles. The molecule has 124 valence electrons. The fourth-order valence-electron chi connectivity index (χ4n) is 3.37. The molecule has 0 amide bonds. The van der Waals surface area contributed by atoms with Gasteiger partial charge in [0.25, 0.3) is 0 Å². The molecular weight excluding hydrogens is 300 g/mol. The Hall–Kier alpha value is -2.37. The summed E-state index contributed by atoms with van der Waals surface area (Å²) in [5, 5.41) is 14.8. The lowest BCUT2D eigenvalue weighted by Gasteiger charge is -2.30. The number of hydrogen-bond acceptors (Lipinski definition) is 3. The van der Waals surface area contributed by atoms with Gasteiger partial charge in [-0.15, -0.1) is 0 Å². The lowest BCUT2D eigenvalue weighted by Crippen LogP contribution is -2.38. The summed E-state index contributed by atoms with van der Waals surface area (Å²) in [6.07, 6.45) is 8.40. The highest BCUT2D eigenvalue weighted by atomic mass is 16.3. The third kappa shape index (κ3) is 3.27. The SMILES string of the molecule is OC(CN1CCc2ccccc2C1)Cn1cc(-n2cccc2)cn1. The molecule has 0 saturated carbocycles. The number of aliphatic hydroxyl groups excluding tert-OH is 1. The number of fused-ring (bicyclic) bond motifs is 1. The van der Waals surface area contributed by atoms with Crippen molar-refractivity contribution in [3.05, 3.63) is 72.3 Å². The Bertz CT molecular complexity index is 793. The van der Waals surface area contributed by atoms with Crippen LogP contribution in [0.4, 0.5) is 0 Å². The van der Waals surface area contributed by atoms with Gasteiger partial charge < -0.3 is 9.67 Å². The van der Waals surface area contributed by atoms with Crippen molar-refractivity contribution in [1.29, 1.82) is 0 Å². The molecule has 0 radical (unpaired) electrons. The molecule has 1 aromatic carbocycles. The van der Waals surface area contributed by atoms with Gasteiger partial charge in [0.1, 0.15) is 0 Å². The van der Waals surface area contributed by atoms with Crippen molar-refractivity contribution in [1.82, 2.24) is 19.2 Å². The van der Waals surface area contributed by atoms with Crippen LogP contribution in [0.5, 0.6) is 0 Å². The van der Waals surface area contributed by atoms with Gasteiger partial charge in [0, 0.05) is 38.2 Å². The van der Waals surface area contributed by atoms with Crippen molar-refractivity contribution in [2.75, 3.05) is 13.1 Å². The van der Waals surface area contributed by atoms with Crippen LogP contribution >= 0.6 is 0 Å². The van der Waals surface area contributed by atoms with Gasteiger partial charge in [-0.3, -0.25) is 9.58 Å². The van der Waals surface area contributed by atoms with Gasteiger partial charge in [-0.05, 0) is 29.7 Å². The summed E-state index contributed by atoms with van der Waals surface area (Å²) in [7, 11) is 0. The van der Waals surface area contributed by atoms with Gasteiger partial charge in [0.15, 0.2) is 0 Å². The number of nitrogens with zero attached hydrogens (tertiary/aromatic N) is 4. The Labute approximate surface area is 141 Å². The topological polar surface area (TPSA) is 46.2 Å². The number of β-amino-alcohol motifs (C(OH)–C–C–N with tert-alkyl or cyclic N) is 1. The van der Waals surface area contributed by atoms with Crippen LogP contribution in [0.1, 0.15) is 11.1 Å². The summed E-state index contributed by atoms with van der Waals surface area (Å²) in [4.78, 5) is 2.32. The summed E-state index contributed by atoms with van der Waals surface area (Å²) in [6, 6.07) is 12.6. The van der Waals surface area contributed by atoms with Gasteiger partial charge in [-0.1, -0.05) is 24.3 Å². The zero-order chi connectivity index (χ0) is 16.4. The number of benzene rings is 1. The molecule has 2 aromatic heterocycles.